The summed E-state index contributed by atoms with van der Waals surface area (Å²) in [5.74, 6) is -0.151. The van der Waals surface area contributed by atoms with E-state index in [1.807, 2.05) is 0 Å². The molecule has 0 bridgehead atoms. The van der Waals surface area contributed by atoms with Gasteiger partial charge in [-0.25, -0.2) is 0 Å². The Morgan fingerprint density at radius 3 is 2.50 bits per heavy atom. The second-order valence-corrected chi connectivity index (χ2v) is 5.61. The number of nitrogens with one attached hydrogen (secondary N) is 1. The highest BCUT2D eigenvalue weighted by Crippen LogP contribution is 2.35. The molecule has 0 atom stereocenters. The number of carbonyl (C=O) groups is 1. The van der Waals surface area contributed by atoms with E-state index in [4.69, 9.17) is 11.6 Å². The Morgan fingerprint density at radius 1 is 1.12 bits per heavy atom. The Balaban J connectivity index is 1.81. The molecule has 2 aromatic carbocycles. The molecule has 1 aliphatic heterocycles. The van der Waals surface area contributed by atoms with Gasteiger partial charge in [0.1, 0.15) is 5.75 Å². The summed E-state index contributed by atoms with van der Waals surface area (Å²) >= 11 is 5.89. The maximum Gasteiger partial charge on any atom is 0.422 e. The zero-order chi connectivity index (χ0) is 17.3. The average molecular weight is 354 g/mol. The number of carbonyl (C=O) groups excluding carboxylic acids is 1. The summed E-state index contributed by atoms with van der Waals surface area (Å²) in [6, 6.07) is 11.1. The first-order chi connectivity index (χ1) is 11.3. The monoisotopic (exact) mass is 353 g/mol. The number of ether oxygens (including phenoxy) is 1. The summed E-state index contributed by atoms with van der Waals surface area (Å²) in [7, 11) is 0. The molecular formula is C17H11ClF3NO2. The number of fused-ring (bicyclic) bond motifs is 1. The lowest BCUT2D eigenvalue weighted by molar-refractivity contribution is -0.153. The second kappa shape index (κ2) is 6.20. The summed E-state index contributed by atoms with van der Waals surface area (Å²) in [6.45, 7) is -1.34. The molecule has 0 aromatic heterocycles. The van der Waals surface area contributed by atoms with Crippen LogP contribution in [0.4, 0.5) is 18.9 Å². The molecule has 0 saturated heterocycles. The van der Waals surface area contributed by atoms with E-state index in [1.54, 1.807) is 36.4 Å². The molecule has 7 heteroatoms. The van der Waals surface area contributed by atoms with Crippen LogP contribution in [0.25, 0.3) is 11.6 Å². The van der Waals surface area contributed by atoms with Gasteiger partial charge in [-0.2, -0.15) is 13.2 Å². The van der Waals surface area contributed by atoms with Gasteiger partial charge >= 0.3 is 6.18 Å². The average Bonchev–Trinajstić information content (AvgIpc) is 2.81. The summed E-state index contributed by atoms with van der Waals surface area (Å²) in [5, 5.41) is 3.23. The van der Waals surface area contributed by atoms with Gasteiger partial charge in [0.05, 0.1) is 5.69 Å². The van der Waals surface area contributed by atoms with Crippen molar-refractivity contribution < 1.29 is 22.7 Å². The molecule has 3 rings (SSSR count). The van der Waals surface area contributed by atoms with E-state index in [0.29, 0.717) is 21.8 Å². The molecular weight excluding hydrogens is 343 g/mol. The van der Waals surface area contributed by atoms with E-state index in [0.717, 1.165) is 5.56 Å². The Bertz CT molecular complexity index is 814. The van der Waals surface area contributed by atoms with Gasteiger partial charge in [-0.05, 0) is 35.9 Å². The zero-order valence-electron chi connectivity index (χ0n) is 12.2. The summed E-state index contributed by atoms with van der Waals surface area (Å²) < 4.78 is 41.0. The van der Waals surface area contributed by atoms with Crippen molar-refractivity contribution in [2.75, 3.05) is 11.9 Å². The van der Waals surface area contributed by atoms with Crippen molar-refractivity contribution in [1.82, 2.24) is 0 Å². The molecule has 1 amide bonds. The molecule has 0 radical (unpaired) electrons. The second-order valence-electron chi connectivity index (χ2n) is 5.17. The number of hydrogen-bond donors (Lipinski definition) is 1. The predicted octanol–water partition coefficient (Wildman–Crippen LogP) is 4.77. The van der Waals surface area contributed by atoms with Gasteiger partial charge in [0.25, 0.3) is 5.91 Å². The smallest absolute Gasteiger partial charge is 0.422 e. The van der Waals surface area contributed by atoms with E-state index < -0.39 is 12.8 Å². The van der Waals surface area contributed by atoms with Crippen LogP contribution in [0.2, 0.25) is 5.02 Å². The third-order valence-electron chi connectivity index (χ3n) is 3.36. The van der Waals surface area contributed by atoms with Gasteiger partial charge in [0, 0.05) is 16.2 Å². The quantitative estimate of drug-likeness (QED) is 0.807. The molecule has 24 heavy (non-hydrogen) atoms. The fraction of sp³-hybridized carbons (Fsp3) is 0.118. The maximum atomic E-state index is 12.1. The van der Waals surface area contributed by atoms with Crippen molar-refractivity contribution in [1.29, 1.82) is 0 Å². The number of anilines is 1. The number of alkyl halides is 3. The first-order valence-corrected chi connectivity index (χ1v) is 7.32. The van der Waals surface area contributed by atoms with Crippen LogP contribution >= 0.6 is 11.6 Å². The molecule has 0 aliphatic carbocycles. The van der Waals surface area contributed by atoms with E-state index in [1.165, 1.54) is 12.1 Å². The van der Waals surface area contributed by atoms with Gasteiger partial charge in [-0.3, -0.25) is 4.79 Å². The largest absolute Gasteiger partial charge is 0.484 e. The molecule has 1 aliphatic rings. The number of hydrogen-bond acceptors (Lipinski definition) is 2. The van der Waals surface area contributed by atoms with E-state index >= 15 is 0 Å². The fourth-order valence-corrected chi connectivity index (χ4v) is 2.47. The number of amides is 1. The minimum atomic E-state index is -4.38. The van der Waals surface area contributed by atoms with Gasteiger partial charge in [0.2, 0.25) is 0 Å². The van der Waals surface area contributed by atoms with Crippen LogP contribution in [-0.2, 0) is 4.79 Å². The van der Waals surface area contributed by atoms with Crippen LogP contribution in [0, 0.1) is 0 Å². The minimum absolute atomic E-state index is 0.109. The predicted molar refractivity (Wildman–Crippen MR) is 85.9 cm³/mol. The van der Waals surface area contributed by atoms with Crippen LogP contribution in [0.15, 0.2) is 42.5 Å². The number of benzene rings is 2. The zero-order valence-corrected chi connectivity index (χ0v) is 12.9. The molecule has 0 unspecified atom stereocenters. The standard InChI is InChI=1S/C17H11ClF3NO2/c18-11-3-6-13-14(16(23)22-15(13)8-11)7-10-1-4-12(5-2-10)24-9-17(19,20)21/h1-8H,9H2,(H,22,23)/b14-7-. The highest BCUT2D eigenvalue weighted by atomic mass is 35.5. The first kappa shape index (κ1) is 16.4. The topological polar surface area (TPSA) is 38.3 Å². The highest BCUT2D eigenvalue weighted by Gasteiger charge is 2.28. The maximum absolute atomic E-state index is 12.1. The van der Waals surface area contributed by atoms with Crippen molar-refractivity contribution in [2.45, 2.75) is 6.18 Å². The summed E-state index contributed by atoms with van der Waals surface area (Å²) in [5.41, 5.74) is 2.48. The van der Waals surface area contributed by atoms with Gasteiger partial charge in [-0.1, -0.05) is 29.8 Å². The highest BCUT2D eigenvalue weighted by molar-refractivity contribution is 6.36. The molecule has 0 spiro atoms. The molecule has 124 valence electrons. The van der Waals surface area contributed by atoms with Crippen molar-refractivity contribution in [3.63, 3.8) is 0 Å². The van der Waals surface area contributed by atoms with E-state index in [9.17, 15) is 18.0 Å². The van der Waals surface area contributed by atoms with Gasteiger partial charge in [0.15, 0.2) is 6.61 Å². The molecule has 1 heterocycles. The van der Waals surface area contributed by atoms with E-state index in [-0.39, 0.29) is 11.7 Å². The molecule has 0 fully saturated rings. The summed E-state index contributed by atoms with van der Waals surface area (Å²) in [4.78, 5) is 12.1. The first-order valence-electron chi connectivity index (χ1n) is 6.94. The Labute approximate surface area is 140 Å². The fourth-order valence-electron chi connectivity index (χ4n) is 2.30. The number of halogens is 4. The third-order valence-corrected chi connectivity index (χ3v) is 3.59. The van der Waals surface area contributed by atoms with Crippen molar-refractivity contribution in [3.8, 4) is 5.75 Å². The normalized spacial score (nSPS) is 15.3. The molecule has 1 N–H and O–H groups in total. The molecule has 2 aromatic rings. The lowest BCUT2D eigenvalue weighted by atomic mass is 10.0. The number of rotatable bonds is 3. The Hall–Kier alpha value is -2.47. The van der Waals surface area contributed by atoms with Crippen LogP contribution in [0.3, 0.4) is 0 Å². The van der Waals surface area contributed by atoms with E-state index in [2.05, 4.69) is 10.1 Å². The Morgan fingerprint density at radius 2 is 1.83 bits per heavy atom. The van der Waals surface area contributed by atoms with Gasteiger partial charge in [-0.15, -0.1) is 0 Å². The lowest BCUT2D eigenvalue weighted by Gasteiger charge is -2.09. The van der Waals surface area contributed by atoms with Crippen molar-refractivity contribution in [3.05, 3.63) is 58.6 Å². The lowest BCUT2D eigenvalue weighted by Crippen LogP contribution is -2.19. The van der Waals surface area contributed by atoms with Crippen LogP contribution in [0.1, 0.15) is 11.1 Å². The van der Waals surface area contributed by atoms with Crippen molar-refractivity contribution in [2.24, 2.45) is 0 Å². The van der Waals surface area contributed by atoms with Crippen LogP contribution in [-0.4, -0.2) is 18.7 Å². The van der Waals surface area contributed by atoms with Crippen LogP contribution < -0.4 is 10.1 Å². The Kier molecular flexibility index (Phi) is 4.24. The van der Waals surface area contributed by atoms with Gasteiger partial charge < -0.3 is 10.1 Å². The minimum Gasteiger partial charge on any atom is -0.484 e. The molecule has 3 nitrogen and oxygen atoms in total. The SMILES string of the molecule is O=C1Nc2cc(Cl)ccc2/C1=C/c1ccc(OCC(F)(F)F)cc1. The molecule has 0 saturated carbocycles. The van der Waals surface area contributed by atoms with Crippen molar-refractivity contribution >= 4 is 34.8 Å². The third kappa shape index (κ3) is 3.71. The summed E-state index contributed by atoms with van der Waals surface area (Å²) in [6.07, 6.45) is -2.73. The van der Waals surface area contributed by atoms with Crippen LogP contribution in [0.5, 0.6) is 5.75 Å².